The van der Waals surface area contributed by atoms with Gasteiger partial charge in [-0.3, -0.25) is 4.79 Å². The number of hydrogen-bond acceptors (Lipinski definition) is 5. The van der Waals surface area contributed by atoms with Gasteiger partial charge >= 0.3 is 0 Å². The summed E-state index contributed by atoms with van der Waals surface area (Å²) in [5.74, 6) is 0.407. The fourth-order valence-electron chi connectivity index (χ4n) is 1.55. The van der Waals surface area contributed by atoms with Crippen molar-refractivity contribution in [2.24, 2.45) is 5.73 Å². The Morgan fingerprint density at radius 3 is 3.06 bits per heavy atom. The topological polar surface area (TPSA) is 82.2 Å². The van der Waals surface area contributed by atoms with Crippen molar-refractivity contribution in [2.75, 3.05) is 31.6 Å². The monoisotopic (exact) mass is 254 g/mol. The third kappa shape index (κ3) is 4.85. The van der Waals surface area contributed by atoms with Crippen LogP contribution in [0.1, 0.15) is 19.8 Å². The van der Waals surface area contributed by atoms with Crippen LogP contribution in [0.25, 0.3) is 0 Å². The van der Waals surface area contributed by atoms with Crippen LogP contribution in [0.3, 0.4) is 0 Å². The molecule has 0 amide bonds. The Hall–Kier alpha value is -1.40. The molecule has 0 saturated carbocycles. The molecule has 0 atom stereocenters. The Kier molecular flexibility index (Phi) is 7.05. The summed E-state index contributed by atoms with van der Waals surface area (Å²) in [5.41, 5.74) is 5.24. The van der Waals surface area contributed by atoms with E-state index in [1.165, 1.54) is 0 Å². The zero-order chi connectivity index (χ0) is 13.2. The Bertz CT molecular complexity index is 392. The summed E-state index contributed by atoms with van der Waals surface area (Å²) in [6.07, 6.45) is 5.10. The van der Waals surface area contributed by atoms with Gasteiger partial charge in [-0.25, -0.2) is 4.98 Å². The summed E-state index contributed by atoms with van der Waals surface area (Å²) >= 11 is 0. The highest BCUT2D eigenvalue weighted by Gasteiger charge is 2.02. The second kappa shape index (κ2) is 8.66. The summed E-state index contributed by atoms with van der Waals surface area (Å²) in [4.78, 5) is 16.0. The van der Waals surface area contributed by atoms with Gasteiger partial charge in [0.2, 0.25) is 0 Å². The predicted octanol–water partition coefficient (Wildman–Crippen LogP) is 0.431. The normalized spacial score (nSPS) is 10.6. The maximum atomic E-state index is 11.9. The van der Waals surface area contributed by atoms with Crippen molar-refractivity contribution in [3.8, 4) is 0 Å². The number of aromatic nitrogens is 2. The quantitative estimate of drug-likeness (QED) is 0.624. The van der Waals surface area contributed by atoms with Gasteiger partial charge in [-0.1, -0.05) is 6.92 Å². The molecule has 0 aliphatic carbocycles. The molecule has 0 saturated heterocycles. The number of nitrogens with zero attached hydrogens (tertiary/aromatic N) is 2. The van der Waals surface area contributed by atoms with Crippen LogP contribution in [0.4, 0.5) is 5.82 Å². The predicted molar refractivity (Wildman–Crippen MR) is 71.8 cm³/mol. The van der Waals surface area contributed by atoms with Gasteiger partial charge in [-0.05, 0) is 12.8 Å². The molecule has 0 bridgehead atoms. The Balaban J connectivity index is 2.38. The number of rotatable bonds is 9. The molecule has 6 nitrogen and oxygen atoms in total. The highest BCUT2D eigenvalue weighted by atomic mass is 16.5. The molecule has 102 valence electrons. The maximum absolute atomic E-state index is 11.9. The molecule has 0 aliphatic heterocycles. The molecule has 0 aromatic carbocycles. The summed E-state index contributed by atoms with van der Waals surface area (Å²) < 4.78 is 6.91. The second-order valence-corrected chi connectivity index (χ2v) is 3.96. The van der Waals surface area contributed by atoms with Crippen molar-refractivity contribution in [2.45, 2.75) is 26.3 Å². The van der Waals surface area contributed by atoms with E-state index >= 15 is 0 Å². The Morgan fingerprint density at radius 1 is 1.50 bits per heavy atom. The minimum Gasteiger partial charge on any atom is -0.380 e. The van der Waals surface area contributed by atoms with Gasteiger partial charge < -0.3 is 20.4 Å². The third-order valence-electron chi connectivity index (χ3n) is 2.40. The Labute approximate surface area is 107 Å². The molecular formula is C12H22N4O2. The first-order chi connectivity index (χ1) is 8.79. The van der Waals surface area contributed by atoms with Crippen molar-refractivity contribution in [3.63, 3.8) is 0 Å². The van der Waals surface area contributed by atoms with Crippen molar-refractivity contribution >= 4 is 5.82 Å². The average Bonchev–Trinajstić information content (AvgIpc) is 2.38. The lowest BCUT2D eigenvalue weighted by Crippen LogP contribution is -2.25. The van der Waals surface area contributed by atoms with E-state index in [0.717, 1.165) is 19.4 Å². The fourth-order valence-corrected chi connectivity index (χ4v) is 1.55. The van der Waals surface area contributed by atoms with Crippen molar-refractivity contribution < 1.29 is 4.74 Å². The molecule has 6 heteroatoms. The summed E-state index contributed by atoms with van der Waals surface area (Å²) in [6, 6.07) is 0. The Morgan fingerprint density at radius 2 is 2.33 bits per heavy atom. The molecule has 18 heavy (non-hydrogen) atoms. The first-order valence-corrected chi connectivity index (χ1v) is 6.36. The van der Waals surface area contributed by atoms with E-state index in [2.05, 4.69) is 10.3 Å². The van der Waals surface area contributed by atoms with E-state index < -0.39 is 0 Å². The van der Waals surface area contributed by atoms with E-state index in [4.69, 9.17) is 10.5 Å². The smallest absolute Gasteiger partial charge is 0.293 e. The largest absolute Gasteiger partial charge is 0.380 e. The molecule has 1 aromatic heterocycles. The average molecular weight is 254 g/mol. The van der Waals surface area contributed by atoms with E-state index in [-0.39, 0.29) is 5.56 Å². The van der Waals surface area contributed by atoms with Gasteiger partial charge in [-0.15, -0.1) is 0 Å². The number of hydrogen-bond donors (Lipinski definition) is 2. The molecule has 1 heterocycles. The van der Waals surface area contributed by atoms with Gasteiger partial charge in [0, 0.05) is 38.6 Å². The van der Waals surface area contributed by atoms with Crippen molar-refractivity contribution in [3.05, 3.63) is 22.7 Å². The van der Waals surface area contributed by atoms with Gasteiger partial charge in [-0.2, -0.15) is 0 Å². The minimum absolute atomic E-state index is 0.0674. The van der Waals surface area contributed by atoms with Gasteiger partial charge in [0.1, 0.15) is 0 Å². The lowest BCUT2D eigenvalue weighted by molar-refractivity contribution is 0.141. The molecule has 1 rings (SSSR count). The van der Waals surface area contributed by atoms with Crippen LogP contribution in [0.5, 0.6) is 0 Å². The zero-order valence-corrected chi connectivity index (χ0v) is 10.9. The van der Waals surface area contributed by atoms with E-state index in [0.29, 0.717) is 32.1 Å². The van der Waals surface area contributed by atoms with Crippen LogP contribution in [-0.4, -0.2) is 35.9 Å². The van der Waals surface area contributed by atoms with Crippen molar-refractivity contribution in [1.29, 1.82) is 0 Å². The fraction of sp³-hybridized carbons (Fsp3) is 0.667. The standard InChI is InChI=1S/C12H22N4O2/c1-2-7-16-8-6-15-11(12(16)17)14-5-3-9-18-10-4-13/h6,8H,2-5,7,9-10,13H2,1H3,(H,14,15). The molecule has 0 aliphatic rings. The first kappa shape index (κ1) is 14.7. The van der Waals surface area contributed by atoms with Gasteiger partial charge in [0.25, 0.3) is 5.56 Å². The SMILES string of the molecule is CCCn1ccnc(NCCCOCCN)c1=O. The molecule has 3 N–H and O–H groups in total. The molecule has 0 unspecified atom stereocenters. The number of ether oxygens (including phenoxy) is 1. The van der Waals surface area contributed by atoms with Crippen molar-refractivity contribution in [1.82, 2.24) is 9.55 Å². The summed E-state index contributed by atoms with van der Waals surface area (Å²) in [7, 11) is 0. The van der Waals surface area contributed by atoms with E-state index in [1.807, 2.05) is 6.92 Å². The lowest BCUT2D eigenvalue weighted by Gasteiger charge is -2.08. The molecule has 0 fully saturated rings. The summed E-state index contributed by atoms with van der Waals surface area (Å²) in [5, 5.41) is 3.03. The number of nitrogens with two attached hydrogens (primary N) is 1. The lowest BCUT2D eigenvalue weighted by atomic mass is 10.4. The van der Waals surface area contributed by atoms with Gasteiger partial charge in [0.15, 0.2) is 5.82 Å². The second-order valence-electron chi connectivity index (χ2n) is 3.96. The highest BCUT2D eigenvalue weighted by Crippen LogP contribution is 1.95. The van der Waals surface area contributed by atoms with E-state index in [9.17, 15) is 4.79 Å². The van der Waals surface area contributed by atoms with Crippen LogP contribution >= 0.6 is 0 Å². The van der Waals surface area contributed by atoms with Crippen LogP contribution in [0.15, 0.2) is 17.2 Å². The summed E-state index contributed by atoms with van der Waals surface area (Å²) in [6.45, 7) is 5.18. The zero-order valence-electron chi connectivity index (χ0n) is 10.9. The minimum atomic E-state index is -0.0674. The molecule has 0 radical (unpaired) electrons. The maximum Gasteiger partial charge on any atom is 0.293 e. The highest BCUT2D eigenvalue weighted by molar-refractivity contribution is 5.30. The molecule has 1 aromatic rings. The van der Waals surface area contributed by atoms with Crippen LogP contribution < -0.4 is 16.6 Å². The number of anilines is 1. The number of nitrogens with one attached hydrogen (secondary N) is 1. The third-order valence-corrected chi connectivity index (χ3v) is 2.40. The van der Waals surface area contributed by atoms with Gasteiger partial charge in [0.05, 0.1) is 6.61 Å². The van der Waals surface area contributed by atoms with Crippen LogP contribution in [-0.2, 0) is 11.3 Å². The van der Waals surface area contributed by atoms with Crippen LogP contribution in [0, 0.1) is 0 Å². The number of aryl methyl sites for hydroxylation is 1. The van der Waals surface area contributed by atoms with Crippen LogP contribution in [0.2, 0.25) is 0 Å². The van der Waals surface area contributed by atoms with E-state index in [1.54, 1.807) is 17.0 Å². The first-order valence-electron chi connectivity index (χ1n) is 6.36. The molecular weight excluding hydrogens is 232 g/mol. The molecule has 0 spiro atoms.